The van der Waals surface area contributed by atoms with E-state index < -0.39 is 79.2 Å². The van der Waals surface area contributed by atoms with Crippen molar-refractivity contribution in [2.24, 2.45) is 11.3 Å². The number of alkyl carbamates (subject to hydrolysis) is 1. The first-order chi connectivity index (χ1) is 21.2. The van der Waals surface area contributed by atoms with Crippen molar-refractivity contribution < 1.29 is 42.2 Å². The zero-order chi connectivity index (χ0) is 34.5. The molecule has 2 aliphatic carbocycles. The lowest BCUT2D eigenvalue weighted by Gasteiger charge is -2.36. The first-order valence-corrected chi connectivity index (χ1v) is 16.9. The third-order valence-electron chi connectivity index (χ3n) is 8.58. The Balaban J connectivity index is 1.67. The van der Waals surface area contributed by atoms with Gasteiger partial charge in [-0.15, -0.1) is 6.58 Å². The number of carbonyl (C=O) groups is 4. The molecule has 0 bridgehead atoms. The topological polar surface area (TPSA) is 180 Å². The number of carbonyl (C=O) groups excluding carboxylic acids is 4. The second kappa shape index (κ2) is 12.2. The van der Waals surface area contributed by atoms with Crippen LogP contribution in [0.5, 0.6) is 5.75 Å². The van der Waals surface area contributed by atoms with Gasteiger partial charge in [0.25, 0.3) is 5.91 Å². The molecule has 1 saturated heterocycles. The van der Waals surface area contributed by atoms with Gasteiger partial charge in [-0.05, 0) is 63.1 Å². The largest absolute Gasteiger partial charge is 0.497 e. The van der Waals surface area contributed by atoms with Crippen LogP contribution in [-0.2, 0) is 34.7 Å². The number of hydrogen-bond acceptors (Lipinski definition) is 9. The normalized spacial score (nSPS) is 26.8. The lowest BCUT2D eigenvalue weighted by molar-refractivity contribution is -0.143. The van der Waals surface area contributed by atoms with E-state index in [1.54, 1.807) is 65.8 Å². The number of β-amino-alcohol motifs (C(OH)–C–C–N with tert-alkyl or cyclic N) is 1. The molecule has 5 atom stereocenters. The summed E-state index contributed by atoms with van der Waals surface area (Å²) in [4.78, 5) is 55.7. The Kier molecular flexibility index (Phi) is 9.32. The van der Waals surface area contributed by atoms with Crippen molar-refractivity contribution in [3.63, 3.8) is 0 Å². The Morgan fingerprint density at radius 3 is 2.15 bits per heavy atom. The Morgan fingerprint density at radius 2 is 1.67 bits per heavy atom. The molecule has 0 spiro atoms. The number of rotatable bonds is 10. The fraction of sp³-hybridized carbons (Fsp3) is 0.625. The van der Waals surface area contributed by atoms with E-state index >= 15 is 0 Å². The van der Waals surface area contributed by atoms with Crippen LogP contribution in [-0.4, -0.2) is 84.4 Å². The molecule has 46 heavy (non-hydrogen) atoms. The summed E-state index contributed by atoms with van der Waals surface area (Å²) in [5, 5.41) is 16.6. The van der Waals surface area contributed by atoms with Gasteiger partial charge in [-0.3, -0.25) is 19.1 Å². The van der Waals surface area contributed by atoms with Crippen molar-refractivity contribution in [2.75, 3.05) is 13.7 Å². The van der Waals surface area contributed by atoms with E-state index in [1.807, 2.05) is 0 Å². The van der Waals surface area contributed by atoms with Gasteiger partial charge < -0.3 is 30.1 Å². The molecule has 3 fully saturated rings. The molecular weight excluding hydrogens is 616 g/mol. The number of methoxy groups -OCH3 is 1. The van der Waals surface area contributed by atoms with E-state index in [2.05, 4.69) is 21.9 Å². The maximum Gasteiger partial charge on any atom is 0.408 e. The minimum atomic E-state index is -3.90. The van der Waals surface area contributed by atoms with Gasteiger partial charge >= 0.3 is 6.09 Å². The van der Waals surface area contributed by atoms with Gasteiger partial charge in [0.05, 0.1) is 18.9 Å². The van der Waals surface area contributed by atoms with Gasteiger partial charge in [0, 0.05) is 12.3 Å². The number of ether oxygens (including phenoxy) is 2. The summed E-state index contributed by atoms with van der Waals surface area (Å²) in [5.74, 6) is -2.29. The Morgan fingerprint density at radius 1 is 1.07 bits per heavy atom. The standard InChI is InChI=1S/C32H46N4O9S/c1-9-19-16-32(19,27(39)35-46(42,43)22-14-15-22)34-25(37)23-17-31(41,20-10-12-21(44-8)13-11-20)18-36(23)26(38)24(29(2,3)4)33-28(40)45-30(5,6)7/h9-13,19,22-24,41H,1,14-18H2,2-8H3,(H,33,40)(H,34,37)(H,35,39)/t19-,23+,24?,31+,32-/m1/s1. The van der Waals surface area contributed by atoms with E-state index in [4.69, 9.17) is 9.47 Å². The SMILES string of the molecule is C=C[C@@H]1C[C@]1(NC(=O)[C@@H]1C[C@@](O)(c2ccc(OC)cc2)CN1C(=O)C(NC(=O)OC(C)(C)C)C(C)(C)C)C(=O)NS(=O)(=O)C1CC1. The number of benzene rings is 1. The summed E-state index contributed by atoms with van der Waals surface area (Å²) in [6.07, 6.45) is 1.41. The van der Waals surface area contributed by atoms with Crippen molar-refractivity contribution in [1.29, 1.82) is 0 Å². The smallest absolute Gasteiger partial charge is 0.408 e. The number of amides is 4. The summed E-state index contributed by atoms with van der Waals surface area (Å²) < 4.78 is 37.9. The van der Waals surface area contributed by atoms with Crippen molar-refractivity contribution >= 4 is 33.8 Å². The molecule has 13 nitrogen and oxygen atoms in total. The highest BCUT2D eigenvalue weighted by molar-refractivity contribution is 7.91. The van der Waals surface area contributed by atoms with Crippen molar-refractivity contribution in [3.8, 4) is 5.75 Å². The fourth-order valence-electron chi connectivity index (χ4n) is 5.72. The predicted molar refractivity (Wildman–Crippen MR) is 169 cm³/mol. The van der Waals surface area contributed by atoms with Crippen LogP contribution < -0.4 is 20.1 Å². The molecule has 254 valence electrons. The van der Waals surface area contributed by atoms with Crippen LogP contribution in [0.3, 0.4) is 0 Å². The summed E-state index contributed by atoms with van der Waals surface area (Å²) in [7, 11) is -2.40. The lowest BCUT2D eigenvalue weighted by atomic mass is 9.85. The van der Waals surface area contributed by atoms with Gasteiger partial charge in [-0.25, -0.2) is 13.2 Å². The molecule has 4 amide bonds. The van der Waals surface area contributed by atoms with Crippen molar-refractivity contribution in [1.82, 2.24) is 20.3 Å². The second-order valence-corrected chi connectivity index (χ2v) is 16.5. The zero-order valence-electron chi connectivity index (χ0n) is 27.5. The van der Waals surface area contributed by atoms with Crippen LogP contribution in [0.4, 0.5) is 4.79 Å². The second-order valence-electron chi connectivity index (χ2n) is 14.6. The van der Waals surface area contributed by atoms with Crippen LogP contribution in [0.2, 0.25) is 0 Å². The quantitative estimate of drug-likeness (QED) is 0.273. The van der Waals surface area contributed by atoms with Gasteiger partial charge in [0.2, 0.25) is 21.8 Å². The number of nitrogens with one attached hydrogen (secondary N) is 3. The molecule has 4 N–H and O–H groups in total. The number of aliphatic hydroxyl groups is 1. The zero-order valence-corrected chi connectivity index (χ0v) is 28.3. The number of hydrogen-bond donors (Lipinski definition) is 4. The molecule has 3 aliphatic rings. The Hall–Kier alpha value is -3.65. The van der Waals surface area contributed by atoms with Gasteiger partial charge in [-0.1, -0.05) is 39.0 Å². The molecule has 14 heteroatoms. The molecule has 2 saturated carbocycles. The minimum absolute atomic E-state index is 0.114. The first kappa shape index (κ1) is 35.2. The molecule has 1 aliphatic heterocycles. The molecule has 0 aromatic heterocycles. The molecule has 1 aromatic carbocycles. The third-order valence-corrected chi connectivity index (χ3v) is 10.4. The molecule has 1 heterocycles. The van der Waals surface area contributed by atoms with E-state index in [9.17, 15) is 32.7 Å². The highest BCUT2D eigenvalue weighted by Crippen LogP contribution is 2.46. The number of nitrogens with zero attached hydrogens (tertiary/aromatic N) is 1. The maximum atomic E-state index is 14.3. The van der Waals surface area contributed by atoms with Crippen LogP contribution >= 0.6 is 0 Å². The van der Waals surface area contributed by atoms with Crippen LogP contribution in [0, 0.1) is 11.3 Å². The van der Waals surface area contributed by atoms with E-state index in [0.29, 0.717) is 24.2 Å². The van der Waals surface area contributed by atoms with Crippen LogP contribution in [0.1, 0.15) is 72.8 Å². The molecular formula is C32H46N4O9S. The van der Waals surface area contributed by atoms with Crippen molar-refractivity contribution in [3.05, 3.63) is 42.5 Å². The lowest BCUT2D eigenvalue weighted by Crippen LogP contribution is -2.60. The minimum Gasteiger partial charge on any atom is -0.497 e. The highest BCUT2D eigenvalue weighted by atomic mass is 32.2. The Bertz CT molecular complexity index is 1490. The van der Waals surface area contributed by atoms with E-state index in [-0.39, 0.29) is 19.4 Å². The van der Waals surface area contributed by atoms with Gasteiger partial charge in [0.1, 0.15) is 34.6 Å². The number of sulfonamides is 1. The van der Waals surface area contributed by atoms with Gasteiger partial charge in [-0.2, -0.15) is 0 Å². The molecule has 0 radical (unpaired) electrons. The summed E-state index contributed by atoms with van der Waals surface area (Å²) in [6.45, 7) is 13.7. The molecule has 1 unspecified atom stereocenters. The van der Waals surface area contributed by atoms with E-state index in [1.165, 1.54) is 18.1 Å². The fourth-order valence-corrected chi connectivity index (χ4v) is 7.09. The predicted octanol–water partition coefficient (Wildman–Crippen LogP) is 2.09. The maximum absolute atomic E-state index is 14.3. The number of likely N-dealkylation sites (tertiary alicyclic amines) is 1. The average molecular weight is 663 g/mol. The average Bonchev–Trinajstić information content (AvgIpc) is 3.87. The van der Waals surface area contributed by atoms with Crippen LogP contribution in [0.25, 0.3) is 0 Å². The van der Waals surface area contributed by atoms with E-state index in [0.717, 1.165) is 0 Å². The van der Waals surface area contributed by atoms with Crippen LogP contribution in [0.15, 0.2) is 36.9 Å². The van der Waals surface area contributed by atoms with Gasteiger partial charge in [0.15, 0.2) is 0 Å². The molecule has 1 aromatic rings. The highest BCUT2D eigenvalue weighted by Gasteiger charge is 2.62. The Labute approximate surface area is 270 Å². The monoisotopic (exact) mass is 662 g/mol. The summed E-state index contributed by atoms with van der Waals surface area (Å²) in [6, 6.07) is 4.10. The summed E-state index contributed by atoms with van der Waals surface area (Å²) >= 11 is 0. The van der Waals surface area contributed by atoms with Crippen molar-refractivity contribution in [2.45, 2.75) is 101 Å². The molecule has 4 rings (SSSR count). The third kappa shape index (κ3) is 7.49. The first-order valence-electron chi connectivity index (χ1n) is 15.3. The summed E-state index contributed by atoms with van der Waals surface area (Å²) in [5.41, 5.74) is -4.54.